The van der Waals surface area contributed by atoms with Crippen LogP contribution in [-0.4, -0.2) is 22.6 Å². The van der Waals surface area contributed by atoms with Crippen molar-refractivity contribution in [2.45, 2.75) is 23.4 Å². The third-order valence-corrected chi connectivity index (χ3v) is 6.07. The van der Waals surface area contributed by atoms with Crippen LogP contribution in [0.4, 0.5) is 10.8 Å². The Balaban J connectivity index is 1.81. The summed E-state index contributed by atoms with van der Waals surface area (Å²) in [6.45, 7) is 8.34. The second kappa shape index (κ2) is 9.52. The summed E-state index contributed by atoms with van der Waals surface area (Å²) in [5, 5.41) is 14.8. The summed E-state index contributed by atoms with van der Waals surface area (Å²) in [6, 6.07) is 15.7. The lowest BCUT2D eigenvalue weighted by Crippen LogP contribution is -2.19. The molecule has 5 nitrogen and oxygen atoms in total. The van der Waals surface area contributed by atoms with Gasteiger partial charge in [-0.25, -0.2) is 0 Å². The maximum atomic E-state index is 13.1. The lowest BCUT2D eigenvalue weighted by atomic mass is 10.1. The SMILES string of the molecule is C=CCNc1nnc(SC(C(=O)Nc2cc(C)cc(C)c2)c2ccccc2)s1. The van der Waals surface area contributed by atoms with Crippen LogP contribution in [0.25, 0.3) is 0 Å². The van der Waals surface area contributed by atoms with Crippen molar-refractivity contribution in [1.29, 1.82) is 0 Å². The largest absolute Gasteiger partial charge is 0.357 e. The molecule has 1 amide bonds. The van der Waals surface area contributed by atoms with Crippen molar-refractivity contribution in [2.24, 2.45) is 0 Å². The molecule has 7 heteroatoms. The molecular weight excluding hydrogens is 388 g/mol. The van der Waals surface area contributed by atoms with Crippen molar-refractivity contribution in [1.82, 2.24) is 10.2 Å². The minimum atomic E-state index is -0.428. The van der Waals surface area contributed by atoms with Gasteiger partial charge in [0.15, 0.2) is 4.34 Å². The fourth-order valence-electron chi connectivity index (χ4n) is 2.74. The molecule has 1 heterocycles. The molecule has 0 saturated carbocycles. The number of carbonyl (C=O) groups is 1. The molecule has 1 atom stereocenters. The Kier molecular flexibility index (Phi) is 6.84. The van der Waals surface area contributed by atoms with Gasteiger partial charge in [-0.1, -0.05) is 65.6 Å². The summed E-state index contributed by atoms with van der Waals surface area (Å²) >= 11 is 2.83. The Morgan fingerprint density at radius 2 is 1.89 bits per heavy atom. The van der Waals surface area contributed by atoms with Gasteiger partial charge in [0, 0.05) is 12.2 Å². The topological polar surface area (TPSA) is 66.9 Å². The monoisotopic (exact) mass is 410 g/mol. The van der Waals surface area contributed by atoms with Gasteiger partial charge in [-0.3, -0.25) is 4.79 Å². The van der Waals surface area contributed by atoms with Crippen molar-refractivity contribution in [3.63, 3.8) is 0 Å². The highest BCUT2D eigenvalue weighted by molar-refractivity contribution is 8.02. The molecule has 144 valence electrons. The van der Waals surface area contributed by atoms with E-state index in [0.29, 0.717) is 11.7 Å². The second-order valence-electron chi connectivity index (χ2n) is 6.32. The number of nitrogens with zero attached hydrogens (tertiary/aromatic N) is 2. The van der Waals surface area contributed by atoms with E-state index in [9.17, 15) is 4.79 Å². The zero-order valence-corrected chi connectivity index (χ0v) is 17.4. The van der Waals surface area contributed by atoms with Crippen LogP contribution in [0, 0.1) is 13.8 Å². The number of hydrogen-bond acceptors (Lipinski definition) is 6. The second-order valence-corrected chi connectivity index (χ2v) is 8.65. The standard InChI is InChI=1S/C21H22N4OS2/c1-4-10-22-20-24-25-21(28-20)27-18(16-8-6-5-7-9-16)19(26)23-17-12-14(2)11-15(3)13-17/h4-9,11-13,18H,1,10H2,2-3H3,(H,22,24)(H,23,26). The summed E-state index contributed by atoms with van der Waals surface area (Å²) in [5.74, 6) is -0.0861. The van der Waals surface area contributed by atoms with E-state index >= 15 is 0 Å². The number of aromatic nitrogens is 2. The van der Waals surface area contributed by atoms with Crippen LogP contribution < -0.4 is 10.6 Å². The van der Waals surface area contributed by atoms with Crippen LogP contribution in [0.1, 0.15) is 21.9 Å². The molecule has 0 radical (unpaired) electrons. The number of benzene rings is 2. The van der Waals surface area contributed by atoms with E-state index in [1.165, 1.54) is 23.1 Å². The van der Waals surface area contributed by atoms with E-state index in [-0.39, 0.29) is 5.91 Å². The predicted octanol–water partition coefficient (Wildman–Crippen LogP) is 5.22. The van der Waals surface area contributed by atoms with Crippen LogP contribution in [0.2, 0.25) is 0 Å². The first-order valence-corrected chi connectivity index (χ1v) is 10.5. The molecule has 0 saturated heterocycles. The van der Waals surface area contributed by atoms with Crippen molar-refractivity contribution in [3.05, 3.63) is 77.9 Å². The molecule has 3 rings (SSSR count). The molecule has 0 aliphatic carbocycles. The summed E-state index contributed by atoms with van der Waals surface area (Å²) in [6.07, 6.45) is 1.76. The van der Waals surface area contributed by atoms with E-state index in [1.54, 1.807) is 6.08 Å². The number of aryl methyl sites for hydroxylation is 2. The summed E-state index contributed by atoms with van der Waals surface area (Å²) in [4.78, 5) is 13.1. The molecule has 2 N–H and O–H groups in total. The highest BCUT2D eigenvalue weighted by atomic mass is 32.2. The molecule has 1 unspecified atom stereocenters. The summed E-state index contributed by atoms with van der Waals surface area (Å²) in [7, 11) is 0. The first-order chi connectivity index (χ1) is 13.5. The fraction of sp³-hybridized carbons (Fsp3) is 0.190. The molecule has 2 aromatic carbocycles. The lowest BCUT2D eigenvalue weighted by Gasteiger charge is -2.16. The molecule has 0 bridgehead atoms. The van der Waals surface area contributed by atoms with Gasteiger partial charge >= 0.3 is 0 Å². The van der Waals surface area contributed by atoms with Gasteiger partial charge in [0.05, 0.1) is 0 Å². The Morgan fingerprint density at radius 1 is 1.18 bits per heavy atom. The zero-order valence-electron chi connectivity index (χ0n) is 15.8. The number of carbonyl (C=O) groups excluding carboxylic acids is 1. The maximum Gasteiger partial charge on any atom is 0.242 e. The highest BCUT2D eigenvalue weighted by Crippen LogP contribution is 2.38. The van der Waals surface area contributed by atoms with Crippen LogP contribution in [0.3, 0.4) is 0 Å². The summed E-state index contributed by atoms with van der Waals surface area (Å²) in [5.41, 5.74) is 3.95. The highest BCUT2D eigenvalue weighted by Gasteiger charge is 2.24. The first kappa shape index (κ1) is 20.1. The van der Waals surface area contributed by atoms with E-state index in [2.05, 4.69) is 33.5 Å². The minimum Gasteiger partial charge on any atom is -0.357 e. The van der Waals surface area contributed by atoms with Crippen LogP contribution in [0.15, 0.2) is 65.5 Å². The lowest BCUT2D eigenvalue weighted by molar-refractivity contribution is -0.115. The predicted molar refractivity (Wildman–Crippen MR) is 118 cm³/mol. The van der Waals surface area contributed by atoms with Crippen molar-refractivity contribution < 1.29 is 4.79 Å². The normalized spacial score (nSPS) is 11.6. The molecule has 0 aliphatic heterocycles. The third kappa shape index (κ3) is 5.43. The minimum absolute atomic E-state index is 0.0861. The van der Waals surface area contributed by atoms with E-state index in [1.807, 2.05) is 56.3 Å². The average molecular weight is 411 g/mol. The number of nitrogens with one attached hydrogen (secondary N) is 2. The zero-order chi connectivity index (χ0) is 19.9. The molecule has 0 fully saturated rings. The number of rotatable bonds is 8. The van der Waals surface area contributed by atoms with Gasteiger partial charge in [0.2, 0.25) is 11.0 Å². The Labute approximate surface area is 173 Å². The average Bonchev–Trinajstić information content (AvgIpc) is 3.11. The third-order valence-electron chi connectivity index (χ3n) is 3.85. The Bertz CT molecular complexity index is 936. The van der Waals surface area contributed by atoms with Gasteiger partial charge < -0.3 is 10.6 Å². The van der Waals surface area contributed by atoms with Gasteiger partial charge in [-0.2, -0.15) is 0 Å². The summed E-state index contributed by atoms with van der Waals surface area (Å²) < 4.78 is 0.732. The molecule has 28 heavy (non-hydrogen) atoms. The van der Waals surface area contributed by atoms with Crippen molar-refractivity contribution in [2.75, 3.05) is 17.2 Å². The van der Waals surface area contributed by atoms with E-state index in [4.69, 9.17) is 0 Å². The van der Waals surface area contributed by atoms with Crippen molar-refractivity contribution >= 4 is 39.8 Å². The molecular formula is C21H22N4OS2. The number of thioether (sulfide) groups is 1. The maximum absolute atomic E-state index is 13.1. The van der Waals surface area contributed by atoms with Crippen LogP contribution in [-0.2, 0) is 4.79 Å². The molecule has 0 aliphatic rings. The fourth-order valence-corrected chi connectivity index (χ4v) is 4.70. The van der Waals surface area contributed by atoms with Gasteiger partial charge in [0.25, 0.3) is 0 Å². The molecule has 1 aromatic heterocycles. The van der Waals surface area contributed by atoms with E-state index < -0.39 is 5.25 Å². The van der Waals surface area contributed by atoms with Gasteiger partial charge in [-0.05, 0) is 42.7 Å². The quantitative estimate of drug-likeness (QED) is 0.393. The van der Waals surface area contributed by atoms with Gasteiger partial charge in [-0.15, -0.1) is 16.8 Å². The van der Waals surface area contributed by atoms with Crippen LogP contribution in [0.5, 0.6) is 0 Å². The Hall–Kier alpha value is -2.64. The van der Waals surface area contributed by atoms with Crippen molar-refractivity contribution in [3.8, 4) is 0 Å². The smallest absolute Gasteiger partial charge is 0.242 e. The van der Waals surface area contributed by atoms with E-state index in [0.717, 1.165) is 26.7 Å². The molecule has 3 aromatic rings. The number of anilines is 2. The number of hydrogen-bond donors (Lipinski definition) is 2. The number of amides is 1. The molecule has 0 spiro atoms. The Morgan fingerprint density at radius 3 is 2.57 bits per heavy atom. The van der Waals surface area contributed by atoms with Gasteiger partial charge in [0.1, 0.15) is 5.25 Å². The van der Waals surface area contributed by atoms with Crippen LogP contribution >= 0.6 is 23.1 Å². The first-order valence-electron chi connectivity index (χ1n) is 8.84.